The summed E-state index contributed by atoms with van der Waals surface area (Å²) < 4.78 is 28.4. The van der Waals surface area contributed by atoms with Crippen molar-refractivity contribution in [3.05, 3.63) is 29.8 Å². The van der Waals surface area contributed by atoms with Crippen molar-refractivity contribution >= 4 is 5.91 Å². The fraction of sp³-hybridized carbons (Fsp3) is 0.562. The number of carbonyl (C=O) groups is 1. The predicted molar refractivity (Wildman–Crippen MR) is 80.2 cm³/mol. The van der Waals surface area contributed by atoms with Gasteiger partial charge in [0.1, 0.15) is 5.75 Å². The van der Waals surface area contributed by atoms with Crippen molar-refractivity contribution in [2.24, 2.45) is 5.41 Å². The van der Waals surface area contributed by atoms with Gasteiger partial charge in [-0.05, 0) is 49.1 Å². The second-order valence-corrected chi connectivity index (χ2v) is 6.21. The summed E-state index contributed by atoms with van der Waals surface area (Å²) in [5, 5.41) is 6.32. The number of ether oxygens (including phenoxy) is 1. The number of hydrogen-bond donors (Lipinski definition) is 2. The molecule has 1 saturated heterocycles. The van der Waals surface area contributed by atoms with Crippen LogP contribution in [0, 0.1) is 5.41 Å². The molecule has 122 valence electrons. The van der Waals surface area contributed by atoms with Gasteiger partial charge in [0.05, 0.1) is 0 Å². The number of hydrogen-bond acceptors (Lipinski definition) is 3. The monoisotopic (exact) mass is 312 g/mol. The van der Waals surface area contributed by atoms with Crippen molar-refractivity contribution in [3.63, 3.8) is 0 Å². The second kappa shape index (κ2) is 7.05. The van der Waals surface area contributed by atoms with E-state index in [0.29, 0.717) is 12.1 Å². The highest BCUT2D eigenvalue weighted by Crippen LogP contribution is 2.29. The Hall–Kier alpha value is -1.69. The van der Waals surface area contributed by atoms with Crippen LogP contribution in [-0.2, 0) is 0 Å². The number of halogens is 2. The summed E-state index contributed by atoms with van der Waals surface area (Å²) >= 11 is 0. The Bertz CT molecular complexity index is 503. The Morgan fingerprint density at radius 3 is 2.68 bits per heavy atom. The first-order valence-electron chi connectivity index (χ1n) is 7.45. The highest BCUT2D eigenvalue weighted by Gasteiger charge is 2.31. The van der Waals surface area contributed by atoms with Gasteiger partial charge in [-0.15, -0.1) is 0 Å². The molecule has 0 aromatic heterocycles. The van der Waals surface area contributed by atoms with E-state index >= 15 is 0 Å². The number of piperidine rings is 1. The molecule has 1 amide bonds. The molecule has 1 aliphatic heterocycles. The van der Waals surface area contributed by atoms with E-state index in [2.05, 4.69) is 29.2 Å². The molecule has 1 aromatic rings. The van der Waals surface area contributed by atoms with Gasteiger partial charge < -0.3 is 15.4 Å². The summed E-state index contributed by atoms with van der Waals surface area (Å²) in [6.45, 7) is 3.02. The van der Waals surface area contributed by atoms with Crippen LogP contribution >= 0.6 is 0 Å². The van der Waals surface area contributed by atoms with Gasteiger partial charge in [-0.2, -0.15) is 8.78 Å². The van der Waals surface area contributed by atoms with E-state index in [-0.39, 0.29) is 23.1 Å². The molecule has 0 bridgehead atoms. The minimum atomic E-state index is -2.86. The molecule has 1 heterocycles. The minimum absolute atomic E-state index is 0.0432. The molecular formula is C16H22F2N2O2. The van der Waals surface area contributed by atoms with Gasteiger partial charge in [0.2, 0.25) is 0 Å². The third-order valence-electron chi connectivity index (χ3n) is 4.14. The normalized spacial score (nSPS) is 20.7. The summed E-state index contributed by atoms with van der Waals surface area (Å²) in [5.41, 5.74) is 0.566. The predicted octanol–water partition coefficient (Wildman–Crippen LogP) is 2.80. The molecule has 1 aromatic carbocycles. The van der Waals surface area contributed by atoms with E-state index < -0.39 is 6.61 Å². The van der Waals surface area contributed by atoms with E-state index in [1.54, 1.807) is 0 Å². The average Bonchev–Trinajstić information content (AvgIpc) is 2.45. The number of benzene rings is 1. The largest absolute Gasteiger partial charge is 0.435 e. The van der Waals surface area contributed by atoms with Crippen LogP contribution in [-0.4, -0.2) is 31.7 Å². The Morgan fingerprint density at radius 1 is 1.41 bits per heavy atom. The summed E-state index contributed by atoms with van der Waals surface area (Å²) in [6, 6.07) is 5.92. The molecule has 2 rings (SSSR count). The standard InChI is InChI=1S/C16H22F2N2O2/c1-16(2)8-3-9-19-13(16)10-20-14(21)11-4-6-12(7-5-11)22-15(17)18/h4-7,13,15,19H,3,8-10H2,1-2H3,(H,20,21). The average molecular weight is 312 g/mol. The lowest BCUT2D eigenvalue weighted by molar-refractivity contribution is -0.0498. The lowest BCUT2D eigenvalue weighted by atomic mass is 9.77. The van der Waals surface area contributed by atoms with Crippen LogP contribution in [0.3, 0.4) is 0 Å². The third kappa shape index (κ3) is 4.40. The van der Waals surface area contributed by atoms with Gasteiger partial charge >= 0.3 is 6.61 Å². The fourth-order valence-corrected chi connectivity index (χ4v) is 2.70. The molecule has 1 unspecified atom stereocenters. The number of nitrogens with one attached hydrogen (secondary N) is 2. The maximum atomic E-state index is 12.1. The Morgan fingerprint density at radius 2 is 2.09 bits per heavy atom. The molecule has 1 fully saturated rings. The lowest BCUT2D eigenvalue weighted by Crippen LogP contribution is -2.52. The zero-order chi connectivity index (χ0) is 16.2. The molecule has 0 saturated carbocycles. The maximum absolute atomic E-state index is 12.1. The van der Waals surface area contributed by atoms with Crippen molar-refractivity contribution in [3.8, 4) is 5.75 Å². The zero-order valence-corrected chi connectivity index (χ0v) is 12.9. The molecule has 0 radical (unpaired) electrons. The third-order valence-corrected chi connectivity index (χ3v) is 4.14. The van der Waals surface area contributed by atoms with Gasteiger partial charge in [-0.3, -0.25) is 4.79 Å². The topological polar surface area (TPSA) is 50.4 Å². The van der Waals surface area contributed by atoms with Crippen LogP contribution in [0.5, 0.6) is 5.75 Å². The molecule has 0 aliphatic carbocycles. The van der Waals surface area contributed by atoms with Gasteiger partial charge in [-0.25, -0.2) is 0 Å². The summed E-state index contributed by atoms with van der Waals surface area (Å²) in [7, 11) is 0. The van der Waals surface area contributed by atoms with Crippen molar-refractivity contribution in [2.45, 2.75) is 39.3 Å². The summed E-state index contributed by atoms with van der Waals surface area (Å²) in [4.78, 5) is 12.1. The highest BCUT2D eigenvalue weighted by molar-refractivity contribution is 5.94. The van der Waals surface area contributed by atoms with Gasteiger partial charge in [0.25, 0.3) is 5.91 Å². The number of carbonyl (C=O) groups excluding carboxylic acids is 1. The molecule has 4 nitrogen and oxygen atoms in total. The molecule has 1 aliphatic rings. The smallest absolute Gasteiger partial charge is 0.387 e. The van der Waals surface area contributed by atoms with Crippen LogP contribution in [0.25, 0.3) is 0 Å². The highest BCUT2D eigenvalue weighted by atomic mass is 19.3. The Kier molecular flexibility index (Phi) is 5.34. The second-order valence-electron chi connectivity index (χ2n) is 6.21. The van der Waals surface area contributed by atoms with Crippen LogP contribution in [0.2, 0.25) is 0 Å². The van der Waals surface area contributed by atoms with E-state index in [9.17, 15) is 13.6 Å². The van der Waals surface area contributed by atoms with Gasteiger partial charge in [-0.1, -0.05) is 13.8 Å². The first-order valence-corrected chi connectivity index (χ1v) is 7.45. The first kappa shape index (κ1) is 16.7. The lowest BCUT2D eigenvalue weighted by Gasteiger charge is -2.39. The molecular weight excluding hydrogens is 290 g/mol. The van der Waals surface area contributed by atoms with Crippen molar-refractivity contribution in [2.75, 3.05) is 13.1 Å². The van der Waals surface area contributed by atoms with Crippen molar-refractivity contribution in [1.29, 1.82) is 0 Å². The Balaban J connectivity index is 1.89. The SMILES string of the molecule is CC1(C)CCCNC1CNC(=O)c1ccc(OC(F)F)cc1. The van der Waals surface area contributed by atoms with Gasteiger partial charge in [0.15, 0.2) is 0 Å². The molecule has 1 atom stereocenters. The Labute approximate surface area is 129 Å². The quantitative estimate of drug-likeness (QED) is 0.879. The first-order chi connectivity index (χ1) is 10.4. The summed E-state index contributed by atoms with van der Waals surface area (Å²) in [5.74, 6) is -0.173. The number of rotatable bonds is 5. The van der Waals surface area contributed by atoms with Crippen molar-refractivity contribution < 1.29 is 18.3 Å². The van der Waals surface area contributed by atoms with Crippen LogP contribution in [0.1, 0.15) is 37.0 Å². The van der Waals surface area contributed by atoms with Crippen LogP contribution in [0.15, 0.2) is 24.3 Å². The number of alkyl halides is 2. The molecule has 0 spiro atoms. The summed E-state index contributed by atoms with van der Waals surface area (Å²) in [6.07, 6.45) is 2.27. The zero-order valence-electron chi connectivity index (χ0n) is 12.9. The maximum Gasteiger partial charge on any atom is 0.387 e. The van der Waals surface area contributed by atoms with Crippen molar-refractivity contribution in [1.82, 2.24) is 10.6 Å². The van der Waals surface area contributed by atoms with Crippen LogP contribution in [0.4, 0.5) is 8.78 Å². The number of amides is 1. The fourth-order valence-electron chi connectivity index (χ4n) is 2.70. The van der Waals surface area contributed by atoms with Gasteiger partial charge in [0, 0.05) is 18.2 Å². The molecule has 22 heavy (non-hydrogen) atoms. The molecule has 2 N–H and O–H groups in total. The van der Waals surface area contributed by atoms with Crippen LogP contribution < -0.4 is 15.4 Å². The van der Waals surface area contributed by atoms with E-state index in [1.807, 2.05) is 0 Å². The van der Waals surface area contributed by atoms with E-state index in [4.69, 9.17) is 0 Å². The molecule has 6 heteroatoms. The van der Waals surface area contributed by atoms with E-state index in [0.717, 1.165) is 19.4 Å². The minimum Gasteiger partial charge on any atom is -0.435 e. The van der Waals surface area contributed by atoms with E-state index in [1.165, 1.54) is 24.3 Å².